The largest absolute Gasteiger partial charge is 0.507 e. The molecule has 1 heterocycles. The van der Waals surface area contributed by atoms with E-state index in [2.05, 4.69) is 15.3 Å². The molecule has 0 aliphatic carbocycles. The van der Waals surface area contributed by atoms with E-state index in [0.29, 0.717) is 16.7 Å². The molecule has 3 aromatic rings. The fraction of sp³-hybridized carbons (Fsp3) is 0. The van der Waals surface area contributed by atoms with Crippen LogP contribution in [0.4, 0.5) is 11.6 Å². The van der Waals surface area contributed by atoms with Crippen molar-refractivity contribution in [2.24, 2.45) is 5.14 Å². The number of nitrogens with two attached hydrogens (primary N) is 1. The number of carboxylic acid groups (broad SMARTS) is 1. The van der Waals surface area contributed by atoms with Gasteiger partial charge in [-0.3, -0.25) is 0 Å². The van der Waals surface area contributed by atoms with Gasteiger partial charge in [-0.05, 0) is 24.3 Å². The van der Waals surface area contributed by atoms with E-state index in [-0.39, 0.29) is 21.4 Å². The number of carboxylic acids is 1. The number of aromatic amines is 1. The van der Waals surface area contributed by atoms with Crippen molar-refractivity contribution in [2.75, 3.05) is 5.32 Å². The number of hydrogen-bond acceptors (Lipinski definition) is 6. The smallest absolute Gasteiger partial charge is 0.339 e. The third kappa shape index (κ3) is 3.36. The van der Waals surface area contributed by atoms with Crippen molar-refractivity contribution in [2.45, 2.75) is 4.90 Å². The number of fused-ring (bicyclic) bond motifs is 1. The molecule has 0 atom stereocenters. The number of aromatic carboxylic acids is 1. The molecule has 0 fully saturated rings. The zero-order chi connectivity index (χ0) is 18.4. The van der Waals surface area contributed by atoms with Gasteiger partial charge in [-0.1, -0.05) is 11.6 Å². The second kappa shape index (κ2) is 5.92. The average Bonchev–Trinajstić information content (AvgIpc) is 2.86. The summed E-state index contributed by atoms with van der Waals surface area (Å²) in [6.45, 7) is 0. The van der Waals surface area contributed by atoms with E-state index in [0.717, 1.165) is 0 Å². The van der Waals surface area contributed by atoms with E-state index in [1.165, 1.54) is 30.3 Å². The summed E-state index contributed by atoms with van der Waals surface area (Å²) in [7, 11) is -3.98. The Bertz CT molecular complexity index is 1110. The van der Waals surface area contributed by atoms with Crippen LogP contribution in [0.3, 0.4) is 0 Å². The first-order chi connectivity index (χ1) is 11.6. The summed E-state index contributed by atoms with van der Waals surface area (Å²) in [4.78, 5) is 17.7. The van der Waals surface area contributed by atoms with Crippen molar-refractivity contribution in [1.82, 2.24) is 9.97 Å². The Kier molecular flexibility index (Phi) is 4.03. The maximum absolute atomic E-state index is 11.5. The van der Waals surface area contributed by atoms with Gasteiger partial charge in [0.25, 0.3) is 0 Å². The molecule has 0 unspecified atom stereocenters. The van der Waals surface area contributed by atoms with Gasteiger partial charge in [0.15, 0.2) is 0 Å². The van der Waals surface area contributed by atoms with Crippen LogP contribution in [0.25, 0.3) is 11.0 Å². The molecule has 0 aliphatic rings. The number of anilines is 2. The summed E-state index contributed by atoms with van der Waals surface area (Å²) in [5.41, 5.74) is 0.910. The number of hydrogen-bond donors (Lipinski definition) is 5. The number of imidazole rings is 1. The van der Waals surface area contributed by atoms with Gasteiger partial charge in [0.1, 0.15) is 16.2 Å². The highest BCUT2D eigenvalue weighted by molar-refractivity contribution is 7.89. The average molecular weight is 383 g/mol. The van der Waals surface area contributed by atoms with Crippen molar-refractivity contribution >= 4 is 50.3 Å². The molecule has 11 heteroatoms. The zero-order valence-electron chi connectivity index (χ0n) is 12.3. The molecular formula is C14H11ClN4O5S. The predicted molar refractivity (Wildman–Crippen MR) is 90.8 cm³/mol. The van der Waals surface area contributed by atoms with Gasteiger partial charge in [0, 0.05) is 11.8 Å². The third-order valence-electron chi connectivity index (χ3n) is 3.33. The number of sulfonamides is 1. The van der Waals surface area contributed by atoms with E-state index >= 15 is 0 Å². The molecule has 0 bridgehead atoms. The van der Waals surface area contributed by atoms with Crippen LogP contribution in [-0.4, -0.2) is 34.6 Å². The Morgan fingerprint density at radius 1 is 1.28 bits per heavy atom. The van der Waals surface area contributed by atoms with E-state index in [9.17, 15) is 18.3 Å². The molecule has 6 N–H and O–H groups in total. The van der Waals surface area contributed by atoms with Crippen LogP contribution in [0, 0.1) is 0 Å². The van der Waals surface area contributed by atoms with Crippen LogP contribution in [0.1, 0.15) is 10.4 Å². The second-order valence-electron chi connectivity index (χ2n) is 5.09. The molecule has 0 aliphatic heterocycles. The SMILES string of the molecule is NS(=O)(=O)c1cc2[nH]c(Nc3ccc(C(=O)O)c(O)c3)nc2cc1Cl. The standard InChI is InChI=1S/C14H11ClN4O5S/c15-8-4-9-10(5-12(8)25(16,23)24)19-14(18-9)17-6-1-2-7(13(21)22)11(20)3-6/h1-5,20H,(H,21,22)(H2,16,23,24)(H2,17,18,19). The van der Waals surface area contributed by atoms with Crippen LogP contribution in [0.2, 0.25) is 5.02 Å². The van der Waals surface area contributed by atoms with Gasteiger partial charge in [0.2, 0.25) is 16.0 Å². The molecule has 9 nitrogen and oxygen atoms in total. The Hall–Kier alpha value is -2.82. The lowest BCUT2D eigenvalue weighted by atomic mass is 10.2. The van der Waals surface area contributed by atoms with Crippen molar-refractivity contribution in [3.8, 4) is 5.75 Å². The first-order valence-electron chi connectivity index (χ1n) is 6.70. The molecule has 0 radical (unpaired) electrons. The number of rotatable bonds is 4. The van der Waals surface area contributed by atoms with E-state index in [1.54, 1.807) is 0 Å². The molecule has 1 aromatic heterocycles. The van der Waals surface area contributed by atoms with E-state index < -0.39 is 21.7 Å². The quantitative estimate of drug-likeness (QED) is 0.461. The highest BCUT2D eigenvalue weighted by Gasteiger charge is 2.16. The number of benzene rings is 2. The molecule has 130 valence electrons. The highest BCUT2D eigenvalue weighted by Crippen LogP contribution is 2.28. The van der Waals surface area contributed by atoms with Crippen LogP contribution in [0.15, 0.2) is 35.2 Å². The first-order valence-corrected chi connectivity index (χ1v) is 8.63. The number of aromatic hydroxyl groups is 1. The van der Waals surface area contributed by atoms with Crippen LogP contribution in [0.5, 0.6) is 5.75 Å². The predicted octanol–water partition coefficient (Wildman–Crippen LogP) is 2.01. The van der Waals surface area contributed by atoms with Crippen LogP contribution in [-0.2, 0) is 10.0 Å². The lowest BCUT2D eigenvalue weighted by Gasteiger charge is -2.05. The normalized spacial score (nSPS) is 11.6. The number of carbonyl (C=O) groups is 1. The minimum absolute atomic E-state index is 0.0588. The van der Waals surface area contributed by atoms with Crippen molar-refractivity contribution in [3.05, 3.63) is 40.9 Å². The second-order valence-corrected chi connectivity index (χ2v) is 7.03. The number of aromatic nitrogens is 2. The summed E-state index contributed by atoms with van der Waals surface area (Å²) in [5, 5.41) is 26.5. The van der Waals surface area contributed by atoms with Crippen molar-refractivity contribution in [1.29, 1.82) is 0 Å². The molecule has 0 amide bonds. The van der Waals surface area contributed by atoms with E-state index in [1.807, 2.05) is 0 Å². The Labute approximate surface area is 146 Å². The minimum atomic E-state index is -3.98. The van der Waals surface area contributed by atoms with Gasteiger partial charge in [-0.15, -0.1) is 0 Å². The topological polar surface area (TPSA) is 158 Å². The fourth-order valence-corrected chi connectivity index (χ4v) is 3.31. The fourth-order valence-electron chi connectivity index (χ4n) is 2.22. The molecule has 0 spiro atoms. The lowest BCUT2D eigenvalue weighted by molar-refractivity contribution is 0.0694. The monoisotopic (exact) mass is 382 g/mol. The zero-order valence-corrected chi connectivity index (χ0v) is 13.9. The van der Waals surface area contributed by atoms with Crippen molar-refractivity contribution < 1.29 is 23.4 Å². The summed E-state index contributed by atoms with van der Waals surface area (Å²) in [6, 6.07) is 6.51. The minimum Gasteiger partial charge on any atom is -0.507 e. The number of nitrogens with one attached hydrogen (secondary N) is 2. The summed E-state index contributed by atoms with van der Waals surface area (Å²) in [6.07, 6.45) is 0. The molecule has 0 saturated heterocycles. The summed E-state index contributed by atoms with van der Waals surface area (Å²) < 4.78 is 23.0. The van der Waals surface area contributed by atoms with Gasteiger partial charge in [0.05, 0.1) is 16.1 Å². The Morgan fingerprint density at radius 3 is 2.60 bits per heavy atom. The molecule has 3 rings (SSSR count). The lowest BCUT2D eigenvalue weighted by Crippen LogP contribution is -2.12. The third-order valence-corrected chi connectivity index (χ3v) is 4.71. The molecule has 25 heavy (non-hydrogen) atoms. The maximum Gasteiger partial charge on any atom is 0.339 e. The summed E-state index contributed by atoms with van der Waals surface area (Å²) in [5.74, 6) is -1.42. The Balaban J connectivity index is 1.98. The van der Waals surface area contributed by atoms with Crippen LogP contribution >= 0.6 is 11.6 Å². The van der Waals surface area contributed by atoms with Gasteiger partial charge in [-0.25, -0.2) is 23.3 Å². The first kappa shape index (κ1) is 17.0. The number of nitrogens with zero attached hydrogens (tertiary/aromatic N) is 1. The number of primary sulfonamides is 1. The van der Waals surface area contributed by atoms with Crippen molar-refractivity contribution in [3.63, 3.8) is 0 Å². The van der Waals surface area contributed by atoms with Gasteiger partial charge in [-0.2, -0.15) is 0 Å². The highest BCUT2D eigenvalue weighted by atomic mass is 35.5. The number of H-pyrrole nitrogens is 1. The van der Waals surface area contributed by atoms with Gasteiger partial charge >= 0.3 is 5.97 Å². The van der Waals surface area contributed by atoms with Gasteiger partial charge < -0.3 is 20.5 Å². The number of phenols is 1. The van der Waals surface area contributed by atoms with E-state index in [4.69, 9.17) is 21.8 Å². The number of halogens is 1. The maximum atomic E-state index is 11.5. The summed E-state index contributed by atoms with van der Waals surface area (Å²) >= 11 is 5.90. The Morgan fingerprint density at radius 2 is 2.00 bits per heavy atom. The molecule has 0 saturated carbocycles. The van der Waals surface area contributed by atoms with Crippen LogP contribution < -0.4 is 10.5 Å². The molecule has 2 aromatic carbocycles. The molecular weight excluding hydrogens is 372 g/mol.